The Balaban J connectivity index is 1.95. The summed E-state index contributed by atoms with van der Waals surface area (Å²) in [7, 11) is 0. The molecule has 0 spiro atoms. The number of hydrogen-bond acceptors (Lipinski definition) is 2. The number of nitrogen functional groups attached to an aromatic ring is 1. The topological polar surface area (TPSA) is 52.0 Å². The summed E-state index contributed by atoms with van der Waals surface area (Å²) in [4.78, 5) is 0. The lowest BCUT2D eigenvalue weighted by molar-refractivity contribution is 0.789. The van der Waals surface area contributed by atoms with E-state index in [0.29, 0.717) is 0 Å². The van der Waals surface area contributed by atoms with Crippen LogP contribution in [0.2, 0.25) is 0 Å². The molecule has 25 heavy (non-hydrogen) atoms. The number of unbranched alkanes of at least 4 members (excludes halogenated alkanes) is 1. The second-order valence-corrected chi connectivity index (χ2v) is 6.93. The van der Waals surface area contributed by atoms with Crippen molar-refractivity contribution in [3.05, 3.63) is 88.6 Å². The van der Waals surface area contributed by atoms with Crippen molar-refractivity contribution in [3.8, 4) is 0 Å². The van der Waals surface area contributed by atoms with Crippen molar-refractivity contribution in [1.82, 2.24) is 0 Å². The van der Waals surface area contributed by atoms with Crippen LogP contribution >= 0.6 is 0 Å². The predicted octanol–water partition coefficient (Wildman–Crippen LogP) is 5.31. The van der Waals surface area contributed by atoms with E-state index in [1.807, 2.05) is 12.1 Å². The molecule has 4 N–H and O–H groups in total. The van der Waals surface area contributed by atoms with Crippen LogP contribution in [0.4, 0.5) is 5.69 Å². The summed E-state index contributed by atoms with van der Waals surface area (Å²) in [6, 6.07) is 17.4. The zero-order valence-corrected chi connectivity index (χ0v) is 15.0. The lowest BCUT2D eigenvalue weighted by Crippen LogP contribution is -2.10. The normalized spacial score (nSPS) is 15.4. The van der Waals surface area contributed by atoms with Crippen molar-refractivity contribution in [2.75, 3.05) is 5.73 Å². The highest BCUT2D eigenvalue weighted by Crippen LogP contribution is 2.36. The Labute approximate surface area is 151 Å². The van der Waals surface area contributed by atoms with E-state index in [1.165, 1.54) is 35.1 Å². The van der Waals surface area contributed by atoms with Gasteiger partial charge in [0.25, 0.3) is 0 Å². The molecule has 0 radical (unpaired) electrons. The summed E-state index contributed by atoms with van der Waals surface area (Å²) in [6.45, 7) is 2.24. The number of anilines is 1. The van der Waals surface area contributed by atoms with Crippen LogP contribution in [0.5, 0.6) is 0 Å². The first-order valence-electron chi connectivity index (χ1n) is 9.26. The summed E-state index contributed by atoms with van der Waals surface area (Å²) in [5.41, 5.74) is 19.1. The largest absolute Gasteiger partial charge is 0.402 e. The molecule has 0 aromatic heterocycles. The van der Waals surface area contributed by atoms with Gasteiger partial charge in [0.15, 0.2) is 0 Å². The third-order valence-corrected chi connectivity index (χ3v) is 4.99. The lowest BCUT2D eigenvalue weighted by Gasteiger charge is -2.24. The standard InChI is InChI=1S/C23H28N2/c1-2-3-4-17-5-7-18(8-6-17)23(19-9-13-21(24)14-10-19)20-11-15-22(25)16-12-20/h5-11,13-15,23H,2-4,12,16,24-25H2,1H3. The van der Waals surface area contributed by atoms with E-state index < -0.39 is 0 Å². The van der Waals surface area contributed by atoms with Crippen LogP contribution in [0.3, 0.4) is 0 Å². The van der Waals surface area contributed by atoms with Gasteiger partial charge in [0.05, 0.1) is 0 Å². The molecule has 2 aromatic carbocycles. The smallest absolute Gasteiger partial charge is 0.0314 e. The summed E-state index contributed by atoms with van der Waals surface area (Å²) in [5.74, 6) is 0.269. The van der Waals surface area contributed by atoms with Gasteiger partial charge in [0.2, 0.25) is 0 Å². The number of nitrogens with two attached hydrogens (primary N) is 2. The molecular weight excluding hydrogens is 304 g/mol. The minimum absolute atomic E-state index is 0.269. The Morgan fingerprint density at radius 2 is 1.48 bits per heavy atom. The highest BCUT2D eigenvalue weighted by Gasteiger charge is 2.20. The van der Waals surface area contributed by atoms with Gasteiger partial charge in [0.1, 0.15) is 0 Å². The Hall–Kier alpha value is -2.48. The maximum absolute atomic E-state index is 5.96. The zero-order valence-electron chi connectivity index (χ0n) is 15.0. The molecule has 1 atom stereocenters. The van der Waals surface area contributed by atoms with Crippen molar-refractivity contribution in [1.29, 1.82) is 0 Å². The summed E-state index contributed by atoms with van der Waals surface area (Å²) < 4.78 is 0. The molecule has 3 rings (SSSR count). The Bertz CT molecular complexity index is 752. The molecule has 1 aliphatic carbocycles. The number of benzene rings is 2. The van der Waals surface area contributed by atoms with E-state index in [2.05, 4.69) is 55.5 Å². The SMILES string of the molecule is CCCCc1ccc(C(C2=CC=C(N)CC2)c2ccc(N)cc2)cc1. The first kappa shape index (κ1) is 17.3. The fourth-order valence-electron chi connectivity index (χ4n) is 3.48. The van der Waals surface area contributed by atoms with Crippen LogP contribution in [0.15, 0.2) is 72.0 Å². The molecule has 1 aliphatic rings. The van der Waals surface area contributed by atoms with Crippen LogP contribution in [-0.4, -0.2) is 0 Å². The van der Waals surface area contributed by atoms with Gasteiger partial charge in [-0.15, -0.1) is 0 Å². The number of aryl methyl sites for hydroxylation is 1. The summed E-state index contributed by atoms with van der Waals surface area (Å²) in [5, 5.41) is 0. The second-order valence-electron chi connectivity index (χ2n) is 6.93. The molecule has 2 aromatic rings. The van der Waals surface area contributed by atoms with Crippen LogP contribution in [-0.2, 0) is 6.42 Å². The molecule has 0 saturated carbocycles. The highest BCUT2D eigenvalue weighted by molar-refractivity contribution is 5.48. The van der Waals surface area contributed by atoms with E-state index in [1.54, 1.807) is 0 Å². The first-order valence-corrected chi connectivity index (χ1v) is 9.26. The molecule has 1 unspecified atom stereocenters. The van der Waals surface area contributed by atoms with Crippen molar-refractivity contribution in [3.63, 3.8) is 0 Å². The van der Waals surface area contributed by atoms with Crippen LogP contribution < -0.4 is 11.5 Å². The molecule has 2 nitrogen and oxygen atoms in total. The van der Waals surface area contributed by atoms with Gasteiger partial charge >= 0.3 is 0 Å². The molecule has 2 heteroatoms. The van der Waals surface area contributed by atoms with Gasteiger partial charge in [0, 0.05) is 17.3 Å². The van der Waals surface area contributed by atoms with Gasteiger partial charge in [-0.1, -0.05) is 61.4 Å². The number of allylic oxidation sites excluding steroid dienone is 4. The zero-order chi connectivity index (χ0) is 17.6. The van der Waals surface area contributed by atoms with Gasteiger partial charge in [-0.2, -0.15) is 0 Å². The lowest BCUT2D eigenvalue weighted by atomic mass is 9.81. The molecule has 0 bridgehead atoms. The Kier molecular flexibility index (Phi) is 5.60. The van der Waals surface area contributed by atoms with E-state index in [-0.39, 0.29) is 5.92 Å². The molecule has 130 valence electrons. The average Bonchev–Trinajstić information content (AvgIpc) is 2.64. The molecule has 0 aliphatic heterocycles. The van der Waals surface area contributed by atoms with Crippen molar-refractivity contribution in [2.24, 2.45) is 5.73 Å². The summed E-state index contributed by atoms with van der Waals surface area (Å²) >= 11 is 0. The Morgan fingerprint density at radius 3 is 2.04 bits per heavy atom. The monoisotopic (exact) mass is 332 g/mol. The minimum Gasteiger partial charge on any atom is -0.402 e. The highest BCUT2D eigenvalue weighted by atomic mass is 14.6. The van der Waals surface area contributed by atoms with Crippen LogP contribution in [0, 0.1) is 0 Å². The summed E-state index contributed by atoms with van der Waals surface area (Å²) in [6.07, 6.45) is 9.84. The second kappa shape index (κ2) is 8.06. The molecule has 0 saturated heterocycles. The van der Waals surface area contributed by atoms with E-state index in [9.17, 15) is 0 Å². The van der Waals surface area contributed by atoms with Crippen molar-refractivity contribution >= 4 is 5.69 Å². The van der Waals surface area contributed by atoms with Gasteiger partial charge < -0.3 is 11.5 Å². The van der Waals surface area contributed by atoms with E-state index >= 15 is 0 Å². The predicted molar refractivity (Wildman–Crippen MR) is 107 cm³/mol. The quantitative estimate of drug-likeness (QED) is 0.705. The van der Waals surface area contributed by atoms with Crippen LogP contribution in [0.25, 0.3) is 0 Å². The first-order chi connectivity index (χ1) is 12.2. The van der Waals surface area contributed by atoms with E-state index in [4.69, 9.17) is 11.5 Å². The number of hydrogen-bond donors (Lipinski definition) is 2. The molecular formula is C23H28N2. The molecule has 0 heterocycles. The van der Waals surface area contributed by atoms with Gasteiger partial charge in [-0.25, -0.2) is 0 Å². The van der Waals surface area contributed by atoms with Gasteiger partial charge in [-0.05, 0) is 60.6 Å². The fourth-order valence-corrected chi connectivity index (χ4v) is 3.48. The molecule has 0 amide bonds. The van der Waals surface area contributed by atoms with Crippen molar-refractivity contribution < 1.29 is 0 Å². The minimum atomic E-state index is 0.269. The third kappa shape index (κ3) is 4.33. The van der Waals surface area contributed by atoms with Crippen LogP contribution in [0.1, 0.15) is 55.2 Å². The fraction of sp³-hybridized carbons (Fsp3) is 0.304. The third-order valence-electron chi connectivity index (χ3n) is 4.99. The van der Waals surface area contributed by atoms with E-state index in [0.717, 1.165) is 30.6 Å². The number of rotatable bonds is 6. The average molecular weight is 332 g/mol. The van der Waals surface area contributed by atoms with Gasteiger partial charge in [-0.3, -0.25) is 0 Å². The Morgan fingerprint density at radius 1 is 0.840 bits per heavy atom. The van der Waals surface area contributed by atoms with Crippen molar-refractivity contribution in [2.45, 2.75) is 44.9 Å². The maximum atomic E-state index is 5.96. The molecule has 0 fully saturated rings. The maximum Gasteiger partial charge on any atom is 0.0314 e.